The first-order valence-corrected chi connectivity index (χ1v) is 4.95. The normalized spacial score (nSPS) is 8.41. The lowest BCUT2D eigenvalue weighted by atomic mass is 10.1. The molecule has 0 fully saturated rings. The minimum Gasteiger partial charge on any atom is -0.366 e. The van der Waals surface area contributed by atoms with Gasteiger partial charge < -0.3 is 5.73 Å². The van der Waals surface area contributed by atoms with Gasteiger partial charge in [-0.1, -0.05) is 18.1 Å². The van der Waals surface area contributed by atoms with Crippen molar-refractivity contribution in [3.05, 3.63) is 66.0 Å². The number of terminal acetylenes is 1. The number of carbonyl (C=O) groups excluding carboxylic acids is 1. The van der Waals surface area contributed by atoms with Crippen LogP contribution in [0.5, 0.6) is 0 Å². The molecule has 0 aliphatic rings. The summed E-state index contributed by atoms with van der Waals surface area (Å²) in [5.41, 5.74) is 6.14. The summed E-state index contributed by atoms with van der Waals surface area (Å²) in [6, 6.07) is 12.4. The quantitative estimate of drug-likeness (QED) is 0.751. The van der Waals surface area contributed by atoms with E-state index in [1.165, 1.54) is 0 Å². The van der Waals surface area contributed by atoms with Crippen LogP contribution < -0.4 is 5.73 Å². The molecular formula is C14H12N2O. The van der Waals surface area contributed by atoms with Gasteiger partial charge in [-0.15, -0.1) is 6.42 Å². The molecule has 1 heterocycles. The maximum absolute atomic E-state index is 10.6. The summed E-state index contributed by atoms with van der Waals surface area (Å²) in [6.07, 6.45) is 8.62. The van der Waals surface area contributed by atoms with Gasteiger partial charge in [-0.05, 0) is 30.3 Å². The van der Waals surface area contributed by atoms with E-state index >= 15 is 0 Å². The van der Waals surface area contributed by atoms with Crippen LogP contribution in [0.15, 0.2) is 54.9 Å². The van der Waals surface area contributed by atoms with Gasteiger partial charge in [0.05, 0.1) is 0 Å². The smallest absolute Gasteiger partial charge is 0.248 e. The average molecular weight is 224 g/mol. The Hall–Kier alpha value is -2.60. The first-order valence-electron chi connectivity index (χ1n) is 4.95. The third-order valence-electron chi connectivity index (χ3n) is 1.88. The van der Waals surface area contributed by atoms with E-state index < -0.39 is 5.91 Å². The van der Waals surface area contributed by atoms with Crippen LogP contribution in [-0.2, 0) is 0 Å². The van der Waals surface area contributed by atoms with Crippen LogP contribution in [-0.4, -0.2) is 10.9 Å². The molecule has 2 aromatic rings. The van der Waals surface area contributed by atoms with Gasteiger partial charge >= 0.3 is 0 Å². The van der Waals surface area contributed by atoms with Gasteiger partial charge in [0.15, 0.2) is 0 Å². The Morgan fingerprint density at radius 2 is 1.88 bits per heavy atom. The monoisotopic (exact) mass is 224 g/mol. The Morgan fingerprint density at radius 1 is 1.18 bits per heavy atom. The summed E-state index contributed by atoms with van der Waals surface area (Å²) < 4.78 is 0. The lowest BCUT2D eigenvalue weighted by Crippen LogP contribution is -2.10. The third-order valence-corrected chi connectivity index (χ3v) is 1.88. The molecule has 0 spiro atoms. The zero-order valence-corrected chi connectivity index (χ0v) is 9.21. The first-order chi connectivity index (χ1) is 8.24. The highest BCUT2D eigenvalue weighted by Gasteiger charge is 1.98. The molecule has 2 rings (SSSR count). The van der Waals surface area contributed by atoms with Crippen LogP contribution in [0.2, 0.25) is 0 Å². The fourth-order valence-electron chi connectivity index (χ4n) is 1.07. The molecule has 1 aromatic carbocycles. The zero-order valence-electron chi connectivity index (χ0n) is 9.21. The molecule has 0 saturated heterocycles. The molecular weight excluding hydrogens is 212 g/mol. The van der Waals surface area contributed by atoms with Crippen molar-refractivity contribution in [1.82, 2.24) is 4.98 Å². The van der Waals surface area contributed by atoms with Crippen molar-refractivity contribution in [2.75, 3.05) is 0 Å². The Labute approximate surface area is 100 Å². The second kappa shape index (κ2) is 6.81. The summed E-state index contributed by atoms with van der Waals surface area (Å²) in [6.45, 7) is 0. The number of aromatic nitrogens is 1. The molecule has 2 N–H and O–H groups in total. The van der Waals surface area contributed by atoms with Crippen molar-refractivity contribution in [2.45, 2.75) is 0 Å². The number of amides is 1. The van der Waals surface area contributed by atoms with E-state index in [1.807, 2.05) is 18.2 Å². The first kappa shape index (κ1) is 12.5. The summed E-state index contributed by atoms with van der Waals surface area (Å²) in [5, 5.41) is 0. The Balaban J connectivity index is 0.000000202. The molecule has 17 heavy (non-hydrogen) atoms. The lowest BCUT2D eigenvalue weighted by molar-refractivity contribution is 0.100. The van der Waals surface area contributed by atoms with Gasteiger partial charge in [-0.25, -0.2) is 0 Å². The van der Waals surface area contributed by atoms with Crippen molar-refractivity contribution in [3.8, 4) is 12.3 Å². The Bertz CT molecular complexity index is 489. The van der Waals surface area contributed by atoms with Crippen LogP contribution in [0.3, 0.4) is 0 Å². The van der Waals surface area contributed by atoms with E-state index in [4.69, 9.17) is 12.2 Å². The summed E-state index contributed by atoms with van der Waals surface area (Å²) >= 11 is 0. The number of nitrogens with zero attached hydrogens (tertiary/aromatic N) is 1. The SMILES string of the molecule is C#Cc1cccc(C(N)=O)c1.c1ccncc1. The average Bonchev–Trinajstić information content (AvgIpc) is 2.41. The molecule has 0 radical (unpaired) electrons. The number of benzene rings is 1. The minimum atomic E-state index is -0.456. The fraction of sp³-hybridized carbons (Fsp3) is 0. The molecule has 0 saturated carbocycles. The number of hydrogen-bond donors (Lipinski definition) is 1. The van der Waals surface area contributed by atoms with Gasteiger partial charge in [0.2, 0.25) is 5.91 Å². The molecule has 0 unspecified atom stereocenters. The van der Waals surface area contributed by atoms with Gasteiger partial charge in [0.25, 0.3) is 0 Å². The van der Waals surface area contributed by atoms with Crippen molar-refractivity contribution in [1.29, 1.82) is 0 Å². The summed E-state index contributed by atoms with van der Waals surface area (Å²) in [7, 11) is 0. The largest absolute Gasteiger partial charge is 0.366 e. The highest BCUT2D eigenvalue weighted by Crippen LogP contribution is 2.02. The van der Waals surface area contributed by atoms with Crippen LogP contribution in [0.1, 0.15) is 15.9 Å². The fourth-order valence-corrected chi connectivity index (χ4v) is 1.07. The van der Waals surface area contributed by atoms with Crippen LogP contribution >= 0.6 is 0 Å². The van der Waals surface area contributed by atoms with Crippen LogP contribution in [0.4, 0.5) is 0 Å². The third kappa shape index (κ3) is 4.63. The second-order valence-corrected chi connectivity index (χ2v) is 3.11. The molecule has 3 nitrogen and oxygen atoms in total. The number of pyridine rings is 1. The number of nitrogens with two attached hydrogens (primary N) is 1. The molecule has 0 bridgehead atoms. The van der Waals surface area contributed by atoms with Gasteiger partial charge in [0.1, 0.15) is 0 Å². The molecule has 1 amide bonds. The second-order valence-electron chi connectivity index (χ2n) is 3.11. The van der Waals surface area contributed by atoms with E-state index in [-0.39, 0.29) is 0 Å². The number of rotatable bonds is 1. The Morgan fingerprint density at radius 3 is 2.29 bits per heavy atom. The van der Waals surface area contributed by atoms with Gasteiger partial charge in [-0.3, -0.25) is 9.78 Å². The zero-order chi connectivity index (χ0) is 12.5. The lowest BCUT2D eigenvalue weighted by Gasteiger charge is -1.94. The maximum Gasteiger partial charge on any atom is 0.248 e. The molecule has 0 aliphatic heterocycles. The highest BCUT2D eigenvalue weighted by atomic mass is 16.1. The van der Waals surface area contributed by atoms with E-state index in [0.717, 1.165) is 0 Å². The highest BCUT2D eigenvalue weighted by molar-refractivity contribution is 5.93. The van der Waals surface area contributed by atoms with Crippen molar-refractivity contribution in [3.63, 3.8) is 0 Å². The summed E-state index contributed by atoms with van der Waals surface area (Å²) in [5.74, 6) is 1.96. The van der Waals surface area contributed by atoms with Crippen LogP contribution in [0, 0.1) is 12.3 Å². The Kier molecular flexibility index (Phi) is 4.99. The van der Waals surface area contributed by atoms with E-state index in [1.54, 1.807) is 36.7 Å². The number of carbonyl (C=O) groups is 1. The van der Waals surface area contributed by atoms with E-state index in [9.17, 15) is 4.79 Å². The van der Waals surface area contributed by atoms with Gasteiger partial charge in [0, 0.05) is 23.5 Å². The predicted octanol–water partition coefficient (Wildman–Crippen LogP) is 1.85. The summed E-state index contributed by atoms with van der Waals surface area (Å²) in [4.78, 5) is 14.4. The predicted molar refractivity (Wildman–Crippen MR) is 67.1 cm³/mol. The molecule has 84 valence electrons. The maximum atomic E-state index is 10.6. The van der Waals surface area contributed by atoms with Crippen molar-refractivity contribution >= 4 is 5.91 Å². The number of hydrogen-bond acceptors (Lipinski definition) is 2. The van der Waals surface area contributed by atoms with Crippen molar-refractivity contribution in [2.24, 2.45) is 5.73 Å². The minimum absolute atomic E-state index is 0.445. The molecule has 0 aliphatic carbocycles. The molecule has 0 atom stereocenters. The van der Waals surface area contributed by atoms with Crippen LogP contribution in [0.25, 0.3) is 0 Å². The topological polar surface area (TPSA) is 56.0 Å². The standard InChI is InChI=1S/C9H7NO.C5H5N/c1-2-7-4-3-5-8(6-7)9(10)11;1-2-4-6-5-3-1/h1,3-6H,(H2,10,11);1-5H. The van der Waals surface area contributed by atoms with E-state index in [0.29, 0.717) is 11.1 Å². The van der Waals surface area contributed by atoms with Crippen molar-refractivity contribution < 1.29 is 4.79 Å². The van der Waals surface area contributed by atoms with E-state index in [2.05, 4.69) is 10.9 Å². The van der Waals surface area contributed by atoms with Gasteiger partial charge in [-0.2, -0.15) is 0 Å². The molecule has 1 aromatic heterocycles. The number of primary amides is 1. The molecule has 3 heteroatoms.